The Hall–Kier alpha value is -2.43. The standard InChI is InChI=1S/C16H19N3O2/c20-16(21-14-15-6-2-1-3-7-15)17-10-12-19(13-11-17)18-8-4-5-9-18/h1-9H,10-14H2. The number of carbonyl (C=O) groups is 1. The van der Waals surface area contributed by atoms with Gasteiger partial charge in [-0.2, -0.15) is 0 Å². The molecule has 0 atom stereocenters. The normalized spacial score (nSPS) is 15.0. The maximum atomic E-state index is 12.0. The van der Waals surface area contributed by atoms with Gasteiger partial charge in [-0.1, -0.05) is 30.3 Å². The topological polar surface area (TPSA) is 37.7 Å². The molecule has 2 aromatic rings. The quantitative estimate of drug-likeness (QED) is 0.866. The Morgan fingerprint density at radius 3 is 2.29 bits per heavy atom. The van der Waals surface area contributed by atoms with Crippen molar-refractivity contribution in [3.8, 4) is 0 Å². The third-order valence-corrected chi connectivity index (χ3v) is 3.63. The summed E-state index contributed by atoms with van der Waals surface area (Å²) in [4.78, 5) is 13.8. The fraction of sp³-hybridized carbons (Fsp3) is 0.312. The first-order valence-electron chi connectivity index (χ1n) is 7.17. The van der Waals surface area contributed by atoms with Crippen LogP contribution in [-0.4, -0.2) is 41.8 Å². The molecule has 0 saturated carbocycles. The van der Waals surface area contributed by atoms with Crippen LogP contribution in [0.25, 0.3) is 0 Å². The van der Waals surface area contributed by atoms with E-state index in [1.165, 1.54) is 0 Å². The van der Waals surface area contributed by atoms with Crippen molar-refractivity contribution < 1.29 is 9.53 Å². The van der Waals surface area contributed by atoms with Crippen molar-refractivity contribution in [1.82, 2.24) is 9.58 Å². The largest absolute Gasteiger partial charge is 0.445 e. The van der Waals surface area contributed by atoms with Gasteiger partial charge in [-0.05, 0) is 17.7 Å². The van der Waals surface area contributed by atoms with Crippen molar-refractivity contribution in [2.75, 3.05) is 31.2 Å². The van der Waals surface area contributed by atoms with E-state index in [0.717, 1.165) is 18.7 Å². The van der Waals surface area contributed by atoms with Gasteiger partial charge in [0.2, 0.25) is 0 Å². The van der Waals surface area contributed by atoms with Gasteiger partial charge in [0.25, 0.3) is 0 Å². The Bertz CT molecular complexity index is 560. The molecule has 21 heavy (non-hydrogen) atoms. The molecule has 2 heterocycles. The van der Waals surface area contributed by atoms with E-state index < -0.39 is 0 Å². The second kappa shape index (κ2) is 6.35. The summed E-state index contributed by atoms with van der Waals surface area (Å²) in [5.74, 6) is 0. The van der Waals surface area contributed by atoms with Gasteiger partial charge in [0.05, 0.1) is 13.1 Å². The van der Waals surface area contributed by atoms with E-state index in [2.05, 4.69) is 9.69 Å². The second-order valence-corrected chi connectivity index (χ2v) is 5.04. The van der Waals surface area contributed by atoms with Crippen LogP contribution in [-0.2, 0) is 11.3 Å². The van der Waals surface area contributed by atoms with Crippen LogP contribution in [0.1, 0.15) is 5.56 Å². The Labute approximate surface area is 124 Å². The minimum Gasteiger partial charge on any atom is -0.445 e. The monoisotopic (exact) mass is 285 g/mol. The molecular formula is C16H19N3O2. The van der Waals surface area contributed by atoms with Gasteiger partial charge in [-0.15, -0.1) is 0 Å². The van der Waals surface area contributed by atoms with Crippen LogP contribution >= 0.6 is 0 Å². The molecule has 0 unspecified atom stereocenters. The van der Waals surface area contributed by atoms with Crippen LogP contribution in [0, 0.1) is 0 Å². The van der Waals surface area contributed by atoms with Crippen molar-refractivity contribution in [3.05, 3.63) is 60.4 Å². The molecule has 1 saturated heterocycles. The highest BCUT2D eigenvalue weighted by Gasteiger charge is 2.22. The molecule has 5 nitrogen and oxygen atoms in total. The molecule has 1 aromatic carbocycles. The summed E-state index contributed by atoms with van der Waals surface area (Å²) in [5, 5.41) is 2.21. The van der Waals surface area contributed by atoms with Gasteiger partial charge in [0.15, 0.2) is 0 Å². The van der Waals surface area contributed by atoms with Crippen LogP contribution in [0.4, 0.5) is 4.79 Å². The zero-order chi connectivity index (χ0) is 14.5. The Balaban J connectivity index is 1.47. The van der Waals surface area contributed by atoms with Crippen molar-refractivity contribution in [3.63, 3.8) is 0 Å². The third-order valence-electron chi connectivity index (χ3n) is 3.63. The molecule has 0 bridgehead atoms. The summed E-state index contributed by atoms with van der Waals surface area (Å²) >= 11 is 0. The molecule has 1 aromatic heterocycles. The number of nitrogens with zero attached hydrogens (tertiary/aromatic N) is 3. The first kappa shape index (κ1) is 13.5. The predicted octanol–water partition coefficient (Wildman–Crippen LogP) is 2.08. The lowest BCUT2D eigenvalue weighted by Gasteiger charge is -2.35. The first-order valence-corrected chi connectivity index (χ1v) is 7.17. The van der Waals surface area contributed by atoms with E-state index in [1.54, 1.807) is 4.90 Å². The van der Waals surface area contributed by atoms with Crippen molar-refractivity contribution in [2.24, 2.45) is 0 Å². The number of carbonyl (C=O) groups excluding carboxylic acids is 1. The number of rotatable bonds is 3. The smallest absolute Gasteiger partial charge is 0.410 e. The maximum Gasteiger partial charge on any atom is 0.410 e. The van der Waals surface area contributed by atoms with Gasteiger partial charge in [-0.3, -0.25) is 4.68 Å². The van der Waals surface area contributed by atoms with E-state index in [4.69, 9.17) is 4.74 Å². The first-order chi connectivity index (χ1) is 10.3. The number of hydrogen-bond acceptors (Lipinski definition) is 3. The summed E-state index contributed by atoms with van der Waals surface area (Å²) in [6.45, 7) is 3.33. The molecule has 1 aliphatic rings. The lowest BCUT2D eigenvalue weighted by molar-refractivity contribution is 0.0923. The highest BCUT2D eigenvalue weighted by Crippen LogP contribution is 2.07. The molecule has 1 fully saturated rings. The molecular weight excluding hydrogens is 266 g/mol. The summed E-state index contributed by atoms with van der Waals surface area (Å²) < 4.78 is 7.42. The average Bonchev–Trinajstić information content (AvgIpc) is 3.08. The molecule has 0 aliphatic carbocycles. The maximum absolute atomic E-state index is 12.0. The molecule has 0 radical (unpaired) electrons. The lowest BCUT2D eigenvalue weighted by Crippen LogP contribution is -2.52. The zero-order valence-electron chi connectivity index (χ0n) is 11.9. The minimum absolute atomic E-state index is 0.231. The van der Waals surface area contributed by atoms with Gasteiger partial charge in [0.1, 0.15) is 6.61 Å². The Morgan fingerprint density at radius 1 is 0.952 bits per heavy atom. The van der Waals surface area contributed by atoms with Crippen LogP contribution in [0.3, 0.4) is 0 Å². The number of amides is 1. The lowest BCUT2D eigenvalue weighted by atomic mass is 10.2. The molecule has 1 amide bonds. The van der Waals surface area contributed by atoms with Crippen molar-refractivity contribution in [2.45, 2.75) is 6.61 Å². The van der Waals surface area contributed by atoms with Crippen LogP contribution in [0.15, 0.2) is 54.9 Å². The van der Waals surface area contributed by atoms with E-state index in [1.807, 2.05) is 54.9 Å². The van der Waals surface area contributed by atoms with Crippen LogP contribution < -0.4 is 5.01 Å². The van der Waals surface area contributed by atoms with Crippen molar-refractivity contribution in [1.29, 1.82) is 0 Å². The van der Waals surface area contributed by atoms with Gasteiger partial charge in [0, 0.05) is 25.5 Å². The fourth-order valence-electron chi connectivity index (χ4n) is 2.43. The molecule has 110 valence electrons. The van der Waals surface area contributed by atoms with Crippen LogP contribution in [0.5, 0.6) is 0 Å². The minimum atomic E-state index is -0.231. The summed E-state index contributed by atoms with van der Waals surface area (Å²) in [5.41, 5.74) is 1.01. The van der Waals surface area contributed by atoms with Gasteiger partial charge >= 0.3 is 6.09 Å². The molecule has 0 N–H and O–H groups in total. The zero-order valence-corrected chi connectivity index (χ0v) is 11.9. The Morgan fingerprint density at radius 2 is 1.62 bits per heavy atom. The van der Waals surface area contributed by atoms with Gasteiger partial charge < -0.3 is 14.6 Å². The van der Waals surface area contributed by atoms with E-state index in [9.17, 15) is 4.79 Å². The fourth-order valence-corrected chi connectivity index (χ4v) is 2.43. The number of benzene rings is 1. The third kappa shape index (κ3) is 3.37. The number of ether oxygens (including phenoxy) is 1. The average molecular weight is 285 g/mol. The number of aromatic nitrogens is 1. The molecule has 1 aliphatic heterocycles. The van der Waals surface area contributed by atoms with E-state index in [-0.39, 0.29) is 6.09 Å². The predicted molar refractivity (Wildman–Crippen MR) is 80.6 cm³/mol. The molecule has 5 heteroatoms. The highest BCUT2D eigenvalue weighted by atomic mass is 16.6. The highest BCUT2D eigenvalue weighted by molar-refractivity contribution is 5.67. The summed E-state index contributed by atoms with van der Waals surface area (Å²) in [7, 11) is 0. The number of piperazine rings is 1. The van der Waals surface area contributed by atoms with Gasteiger partial charge in [-0.25, -0.2) is 4.79 Å². The molecule has 0 spiro atoms. The summed E-state index contributed by atoms with van der Waals surface area (Å²) in [6, 6.07) is 13.7. The second-order valence-electron chi connectivity index (χ2n) is 5.04. The SMILES string of the molecule is O=C(OCc1ccccc1)N1CCN(n2cccc2)CC1. The van der Waals surface area contributed by atoms with Crippen LogP contribution in [0.2, 0.25) is 0 Å². The summed E-state index contributed by atoms with van der Waals surface area (Å²) in [6.07, 6.45) is 3.80. The number of hydrogen-bond donors (Lipinski definition) is 0. The van der Waals surface area contributed by atoms with E-state index in [0.29, 0.717) is 19.7 Å². The van der Waals surface area contributed by atoms with Crippen molar-refractivity contribution >= 4 is 6.09 Å². The molecule has 3 rings (SSSR count). The van der Waals surface area contributed by atoms with E-state index >= 15 is 0 Å². The Kier molecular flexibility index (Phi) is 4.09.